The number of rotatable bonds is 5. The van der Waals surface area contributed by atoms with Gasteiger partial charge in [0.15, 0.2) is 5.09 Å². The van der Waals surface area contributed by atoms with Crippen molar-refractivity contribution in [1.82, 2.24) is 0 Å². The van der Waals surface area contributed by atoms with Crippen molar-refractivity contribution < 1.29 is 14.3 Å². The van der Waals surface area contributed by atoms with Gasteiger partial charge in [0.2, 0.25) is 5.76 Å². The first-order chi connectivity index (χ1) is 8.75. The van der Waals surface area contributed by atoms with E-state index in [1.54, 1.807) is 6.07 Å². The number of hydrogen-bond donors (Lipinski definition) is 1. The van der Waals surface area contributed by atoms with Crippen molar-refractivity contribution in [2.24, 2.45) is 0 Å². The molecule has 0 spiro atoms. The summed E-state index contributed by atoms with van der Waals surface area (Å²) in [6.07, 6.45) is 4.04. The first-order valence-electron chi connectivity index (χ1n) is 5.43. The Kier molecular flexibility index (Phi) is 4.25. The predicted molar refractivity (Wildman–Crippen MR) is 71.9 cm³/mol. The van der Waals surface area contributed by atoms with Crippen molar-refractivity contribution in [2.75, 3.05) is 5.75 Å². The van der Waals surface area contributed by atoms with Crippen LogP contribution >= 0.6 is 11.8 Å². The van der Waals surface area contributed by atoms with Gasteiger partial charge in [-0.1, -0.05) is 54.2 Å². The highest BCUT2D eigenvalue weighted by atomic mass is 32.2. The zero-order chi connectivity index (χ0) is 12.8. The number of hydrogen-bond acceptors (Lipinski definition) is 3. The van der Waals surface area contributed by atoms with E-state index in [4.69, 9.17) is 9.52 Å². The molecule has 1 aromatic heterocycles. The van der Waals surface area contributed by atoms with Gasteiger partial charge in [-0.25, -0.2) is 4.79 Å². The number of carbonyl (C=O) groups is 1. The van der Waals surface area contributed by atoms with E-state index in [2.05, 4.69) is 0 Å². The van der Waals surface area contributed by atoms with Crippen LogP contribution in [0, 0.1) is 0 Å². The van der Waals surface area contributed by atoms with Crippen LogP contribution in [0.3, 0.4) is 0 Å². The normalized spacial score (nSPS) is 10.9. The summed E-state index contributed by atoms with van der Waals surface area (Å²) in [5, 5.41) is 9.32. The Hall–Kier alpha value is -1.94. The van der Waals surface area contributed by atoms with Gasteiger partial charge < -0.3 is 9.52 Å². The third-order valence-corrected chi connectivity index (χ3v) is 3.09. The Labute approximate surface area is 109 Å². The molecule has 0 amide bonds. The van der Waals surface area contributed by atoms with Gasteiger partial charge in [0.05, 0.1) is 0 Å². The summed E-state index contributed by atoms with van der Waals surface area (Å²) in [6.45, 7) is 0. The molecule has 0 saturated heterocycles. The van der Waals surface area contributed by atoms with Gasteiger partial charge in [-0.05, 0) is 17.7 Å². The number of carboxylic acid groups (broad SMARTS) is 1. The molecule has 18 heavy (non-hydrogen) atoms. The first-order valence-corrected chi connectivity index (χ1v) is 6.42. The van der Waals surface area contributed by atoms with Crippen LogP contribution in [0.1, 0.15) is 16.1 Å². The molecular formula is C14H12O3S. The van der Waals surface area contributed by atoms with E-state index in [0.29, 0.717) is 5.09 Å². The molecule has 4 heteroatoms. The summed E-state index contributed by atoms with van der Waals surface area (Å²) >= 11 is 1.46. The summed E-state index contributed by atoms with van der Waals surface area (Å²) in [4.78, 5) is 10.6. The van der Waals surface area contributed by atoms with Crippen molar-refractivity contribution in [3.63, 3.8) is 0 Å². The number of furan rings is 1. The quantitative estimate of drug-likeness (QED) is 0.831. The molecule has 92 valence electrons. The molecule has 1 N–H and O–H groups in total. The minimum Gasteiger partial charge on any atom is -0.475 e. The molecule has 0 saturated carbocycles. The van der Waals surface area contributed by atoms with Crippen LogP contribution < -0.4 is 0 Å². The predicted octanol–water partition coefficient (Wildman–Crippen LogP) is 3.78. The monoisotopic (exact) mass is 260 g/mol. The highest BCUT2D eigenvalue weighted by molar-refractivity contribution is 7.99. The average Bonchev–Trinajstić information content (AvgIpc) is 2.85. The number of carboxylic acids is 1. The number of benzene rings is 1. The fourth-order valence-electron chi connectivity index (χ4n) is 1.39. The highest BCUT2D eigenvalue weighted by Gasteiger charge is 2.08. The Morgan fingerprint density at radius 3 is 2.67 bits per heavy atom. The second-order valence-electron chi connectivity index (χ2n) is 3.55. The van der Waals surface area contributed by atoms with Gasteiger partial charge in [0, 0.05) is 5.75 Å². The molecule has 0 radical (unpaired) electrons. The lowest BCUT2D eigenvalue weighted by molar-refractivity contribution is 0.0656. The zero-order valence-electron chi connectivity index (χ0n) is 9.58. The van der Waals surface area contributed by atoms with Gasteiger partial charge in [-0.15, -0.1) is 0 Å². The minimum atomic E-state index is -1.04. The van der Waals surface area contributed by atoms with E-state index >= 15 is 0 Å². The second-order valence-corrected chi connectivity index (χ2v) is 4.57. The van der Waals surface area contributed by atoms with E-state index in [1.165, 1.54) is 17.8 Å². The van der Waals surface area contributed by atoms with Crippen LogP contribution in [0.15, 0.2) is 58.1 Å². The summed E-state index contributed by atoms with van der Waals surface area (Å²) in [5.41, 5.74) is 1.14. The summed E-state index contributed by atoms with van der Waals surface area (Å²) < 4.78 is 5.13. The summed E-state index contributed by atoms with van der Waals surface area (Å²) in [5.74, 6) is -0.326. The molecule has 2 aromatic rings. The third kappa shape index (κ3) is 3.53. The molecule has 1 heterocycles. The fourth-order valence-corrected chi connectivity index (χ4v) is 2.06. The topological polar surface area (TPSA) is 50.4 Å². The lowest BCUT2D eigenvalue weighted by Gasteiger charge is -1.93. The Bertz CT molecular complexity index is 543. The second kappa shape index (κ2) is 6.12. The lowest BCUT2D eigenvalue weighted by atomic mass is 10.2. The summed E-state index contributed by atoms with van der Waals surface area (Å²) in [7, 11) is 0. The lowest BCUT2D eigenvalue weighted by Crippen LogP contribution is -1.91. The first kappa shape index (κ1) is 12.5. The minimum absolute atomic E-state index is 0.0236. The molecule has 0 fully saturated rings. The number of aromatic carboxylic acids is 1. The fraction of sp³-hybridized carbons (Fsp3) is 0.0714. The third-order valence-electron chi connectivity index (χ3n) is 2.22. The molecule has 0 atom stereocenters. The van der Waals surface area contributed by atoms with E-state index < -0.39 is 5.97 Å². The van der Waals surface area contributed by atoms with Gasteiger partial charge in [-0.2, -0.15) is 0 Å². The largest absolute Gasteiger partial charge is 0.475 e. The molecule has 2 rings (SSSR count). The van der Waals surface area contributed by atoms with E-state index in [9.17, 15) is 4.79 Å². The summed E-state index contributed by atoms with van der Waals surface area (Å²) in [6, 6.07) is 13.1. The maximum absolute atomic E-state index is 10.6. The standard InChI is InChI=1S/C14H12O3S/c15-14(16)12-8-9-13(17-12)18-10-4-7-11-5-2-1-3-6-11/h1-9H,10H2,(H,15,16). The molecule has 1 aromatic carbocycles. The van der Waals surface area contributed by atoms with Crippen LogP contribution in [-0.4, -0.2) is 16.8 Å². The van der Waals surface area contributed by atoms with Gasteiger partial charge in [0.1, 0.15) is 0 Å². The molecular weight excluding hydrogens is 248 g/mol. The maximum atomic E-state index is 10.6. The van der Waals surface area contributed by atoms with Crippen molar-refractivity contribution in [3.05, 3.63) is 59.9 Å². The van der Waals surface area contributed by atoms with Gasteiger partial charge in [-0.3, -0.25) is 0 Å². The van der Waals surface area contributed by atoms with E-state index in [-0.39, 0.29) is 5.76 Å². The van der Waals surface area contributed by atoms with E-state index in [0.717, 1.165) is 11.3 Å². The molecule has 3 nitrogen and oxygen atoms in total. The maximum Gasteiger partial charge on any atom is 0.371 e. The Balaban J connectivity index is 1.85. The smallest absolute Gasteiger partial charge is 0.371 e. The zero-order valence-corrected chi connectivity index (χ0v) is 10.4. The molecule has 0 aliphatic carbocycles. The van der Waals surface area contributed by atoms with Gasteiger partial charge >= 0.3 is 5.97 Å². The van der Waals surface area contributed by atoms with Crippen molar-refractivity contribution in [3.8, 4) is 0 Å². The van der Waals surface area contributed by atoms with Crippen LogP contribution in [0.5, 0.6) is 0 Å². The van der Waals surface area contributed by atoms with E-state index in [1.807, 2.05) is 42.5 Å². The average molecular weight is 260 g/mol. The van der Waals surface area contributed by atoms with Crippen LogP contribution in [0.2, 0.25) is 0 Å². The number of thioether (sulfide) groups is 1. The molecule has 0 aliphatic heterocycles. The van der Waals surface area contributed by atoms with Crippen molar-refractivity contribution >= 4 is 23.8 Å². The molecule has 0 unspecified atom stereocenters. The molecule has 0 bridgehead atoms. The Morgan fingerprint density at radius 2 is 2.00 bits per heavy atom. The van der Waals surface area contributed by atoms with Crippen LogP contribution in [0.25, 0.3) is 6.08 Å². The Morgan fingerprint density at radius 1 is 1.22 bits per heavy atom. The molecule has 0 aliphatic rings. The highest BCUT2D eigenvalue weighted by Crippen LogP contribution is 2.21. The SMILES string of the molecule is O=C(O)c1ccc(SCC=Cc2ccccc2)o1. The van der Waals surface area contributed by atoms with Crippen molar-refractivity contribution in [1.29, 1.82) is 0 Å². The van der Waals surface area contributed by atoms with Crippen LogP contribution in [0.4, 0.5) is 0 Å². The van der Waals surface area contributed by atoms with Gasteiger partial charge in [0.25, 0.3) is 0 Å². The van der Waals surface area contributed by atoms with Crippen molar-refractivity contribution in [2.45, 2.75) is 5.09 Å². The van der Waals surface area contributed by atoms with Crippen LogP contribution in [-0.2, 0) is 0 Å².